The summed E-state index contributed by atoms with van der Waals surface area (Å²) in [7, 11) is -3.98. The van der Waals surface area contributed by atoms with Crippen molar-refractivity contribution < 1.29 is 13.2 Å². The highest BCUT2D eigenvalue weighted by molar-refractivity contribution is 7.92. The first-order valence-corrected chi connectivity index (χ1v) is 13.3. The number of aryl methyl sites for hydroxylation is 3. The third-order valence-electron chi connectivity index (χ3n) is 6.19. The van der Waals surface area contributed by atoms with Crippen LogP contribution in [0.1, 0.15) is 55.5 Å². The standard InChI is InChI=1S/C29H35N3O3S/c1-20-8-16-27(17-9-20)36(34,35)32(26-15-10-21(2)22(3)18-26)19-28(33)31-30-23(4)24-11-13-25(14-12-24)29(5,6)7/h8-18H,19H2,1-7H3,(H,31,33)/b30-23-. The lowest BCUT2D eigenvalue weighted by molar-refractivity contribution is -0.119. The first-order chi connectivity index (χ1) is 16.8. The maximum Gasteiger partial charge on any atom is 0.264 e. The average Bonchev–Trinajstić information content (AvgIpc) is 2.82. The molecule has 1 amide bonds. The second-order valence-corrected chi connectivity index (χ2v) is 12.0. The normalized spacial score (nSPS) is 12.4. The van der Waals surface area contributed by atoms with E-state index in [1.165, 1.54) is 5.56 Å². The fourth-order valence-electron chi connectivity index (χ4n) is 3.62. The van der Waals surface area contributed by atoms with Crippen LogP contribution in [-0.4, -0.2) is 26.6 Å². The second kappa shape index (κ2) is 10.7. The van der Waals surface area contributed by atoms with E-state index in [4.69, 9.17) is 0 Å². The fraction of sp³-hybridized carbons (Fsp3) is 0.310. The number of carbonyl (C=O) groups is 1. The van der Waals surface area contributed by atoms with Crippen molar-refractivity contribution in [1.82, 2.24) is 5.43 Å². The van der Waals surface area contributed by atoms with Gasteiger partial charge in [-0.05, 0) is 79.6 Å². The monoisotopic (exact) mass is 505 g/mol. The molecule has 0 radical (unpaired) electrons. The van der Waals surface area contributed by atoms with Crippen LogP contribution in [0, 0.1) is 20.8 Å². The zero-order chi connectivity index (χ0) is 26.7. The average molecular weight is 506 g/mol. The molecule has 0 aromatic heterocycles. The number of hydrogen-bond donors (Lipinski definition) is 1. The van der Waals surface area contributed by atoms with E-state index >= 15 is 0 Å². The fourth-order valence-corrected chi connectivity index (χ4v) is 5.03. The van der Waals surface area contributed by atoms with Gasteiger partial charge in [0.25, 0.3) is 15.9 Å². The zero-order valence-corrected chi connectivity index (χ0v) is 22.9. The van der Waals surface area contributed by atoms with Crippen LogP contribution in [-0.2, 0) is 20.2 Å². The van der Waals surface area contributed by atoms with E-state index in [-0.39, 0.29) is 10.3 Å². The molecule has 0 aliphatic heterocycles. The smallest absolute Gasteiger partial charge is 0.264 e. The van der Waals surface area contributed by atoms with Gasteiger partial charge in [0.2, 0.25) is 0 Å². The molecule has 0 saturated heterocycles. The molecule has 0 unspecified atom stereocenters. The number of sulfonamides is 1. The molecule has 3 rings (SSSR count). The van der Waals surface area contributed by atoms with Gasteiger partial charge in [-0.1, -0.05) is 68.8 Å². The Bertz CT molecular complexity index is 1370. The first-order valence-electron chi connectivity index (χ1n) is 11.9. The quantitative estimate of drug-likeness (QED) is 0.333. The van der Waals surface area contributed by atoms with Crippen molar-refractivity contribution in [3.05, 3.63) is 94.5 Å². The summed E-state index contributed by atoms with van der Waals surface area (Å²) in [6, 6.07) is 20.0. The molecule has 0 aliphatic rings. The number of rotatable bonds is 7. The van der Waals surface area contributed by atoms with Crippen molar-refractivity contribution in [2.75, 3.05) is 10.8 Å². The number of nitrogens with zero attached hydrogens (tertiary/aromatic N) is 2. The minimum Gasteiger partial charge on any atom is -0.271 e. The summed E-state index contributed by atoms with van der Waals surface area (Å²) >= 11 is 0. The van der Waals surface area contributed by atoms with Crippen molar-refractivity contribution in [2.24, 2.45) is 5.10 Å². The molecule has 1 N–H and O–H groups in total. The molecule has 0 atom stereocenters. The summed E-state index contributed by atoms with van der Waals surface area (Å²) < 4.78 is 28.2. The molecule has 0 spiro atoms. The third-order valence-corrected chi connectivity index (χ3v) is 7.98. The Labute approximate surface area is 215 Å². The van der Waals surface area contributed by atoms with Gasteiger partial charge in [0.1, 0.15) is 6.54 Å². The number of carbonyl (C=O) groups excluding carboxylic acids is 1. The Morgan fingerprint density at radius 1 is 0.889 bits per heavy atom. The van der Waals surface area contributed by atoms with E-state index < -0.39 is 22.5 Å². The van der Waals surface area contributed by atoms with Gasteiger partial charge in [-0.25, -0.2) is 13.8 Å². The molecular weight excluding hydrogens is 470 g/mol. The van der Waals surface area contributed by atoms with Crippen LogP contribution in [0.2, 0.25) is 0 Å². The molecule has 6 nitrogen and oxygen atoms in total. The van der Waals surface area contributed by atoms with Gasteiger partial charge in [0, 0.05) is 0 Å². The van der Waals surface area contributed by atoms with Gasteiger partial charge < -0.3 is 0 Å². The molecule has 0 aliphatic carbocycles. The van der Waals surface area contributed by atoms with E-state index in [0.29, 0.717) is 11.4 Å². The summed E-state index contributed by atoms with van der Waals surface area (Å²) in [5.41, 5.74) is 8.62. The van der Waals surface area contributed by atoms with Crippen molar-refractivity contribution in [1.29, 1.82) is 0 Å². The summed E-state index contributed by atoms with van der Waals surface area (Å²) in [5.74, 6) is -0.533. The summed E-state index contributed by atoms with van der Waals surface area (Å²) in [6.45, 7) is 13.6. The molecule has 0 heterocycles. The number of benzene rings is 3. The Hall–Kier alpha value is -3.45. The van der Waals surface area contributed by atoms with Gasteiger partial charge >= 0.3 is 0 Å². The van der Waals surface area contributed by atoms with Gasteiger partial charge in [-0.2, -0.15) is 5.10 Å². The van der Waals surface area contributed by atoms with Crippen molar-refractivity contribution in [3.63, 3.8) is 0 Å². The molecule has 0 saturated carbocycles. The minimum absolute atomic E-state index is 0.0402. The number of hydrogen-bond acceptors (Lipinski definition) is 4. The predicted molar refractivity (Wildman–Crippen MR) is 147 cm³/mol. The number of anilines is 1. The van der Waals surface area contributed by atoms with Crippen LogP contribution in [0.5, 0.6) is 0 Å². The Morgan fingerprint density at radius 2 is 1.50 bits per heavy atom. The molecule has 0 bridgehead atoms. The highest BCUT2D eigenvalue weighted by Crippen LogP contribution is 2.26. The van der Waals surface area contributed by atoms with Crippen LogP contribution in [0.15, 0.2) is 76.7 Å². The minimum atomic E-state index is -3.98. The maximum absolute atomic E-state index is 13.6. The number of amides is 1. The third kappa shape index (κ3) is 6.40. The van der Waals surface area contributed by atoms with Gasteiger partial charge in [0.05, 0.1) is 16.3 Å². The topological polar surface area (TPSA) is 78.8 Å². The second-order valence-electron chi connectivity index (χ2n) is 10.2. The van der Waals surface area contributed by atoms with Crippen molar-refractivity contribution in [2.45, 2.75) is 58.8 Å². The number of hydrazone groups is 1. The lowest BCUT2D eigenvalue weighted by Gasteiger charge is -2.24. The Balaban J connectivity index is 1.86. The van der Waals surface area contributed by atoms with E-state index in [9.17, 15) is 13.2 Å². The SMILES string of the molecule is C/C(=N/NC(=O)CN(c1ccc(C)c(C)c1)S(=O)(=O)c1ccc(C)cc1)c1ccc(C(C)(C)C)cc1. The summed E-state index contributed by atoms with van der Waals surface area (Å²) in [5, 5.41) is 4.23. The van der Waals surface area contributed by atoms with Gasteiger partial charge in [-0.15, -0.1) is 0 Å². The molecule has 0 fully saturated rings. The van der Waals surface area contributed by atoms with E-state index in [0.717, 1.165) is 26.6 Å². The van der Waals surface area contributed by atoms with E-state index in [2.05, 4.69) is 31.3 Å². The van der Waals surface area contributed by atoms with Crippen molar-refractivity contribution in [3.8, 4) is 0 Å². The molecule has 3 aromatic rings. The highest BCUT2D eigenvalue weighted by Gasteiger charge is 2.27. The van der Waals surface area contributed by atoms with Gasteiger partial charge in [-0.3, -0.25) is 9.10 Å². The highest BCUT2D eigenvalue weighted by atomic mass is 32.2. The van der Waals surface area contributed by atoms with Crippen LogP contribution >= 0.6 is 0 Å². The largest absolute Gasteiger partial charge is 0.271 e. The zero-order valence-electron chi connectivity index (χ0n) is 22.1. The van der Waals surface area contributed by atoms with E-state index in [1.54, 1.807) is 43.3 Å². The molecule has 36 heavy (non-hydrogen) atoms. The maximum atomic E-state index is 13.6. The Kier molecular flexibility index (Phi) is 8.04. The molecule has 3 aromatic carbocycles. The Morgan fingerprint density at radius 3 is 2.06 bits per heavy atom. The molecule has 190 valence electrons. The van der Waals surface area contributed by atoms with Crippen LogP contribution in [0.25, 0.3) is 0 Å². The van der Waals surface area contributed by atoms with Crippen molar-refractivity contribution >= 4 is 27.3 Å². The summed E-state index contributed by atoms with van der Waals surface area (Å²) in [4.78, 5) is 13.0. The lowest BCUT2D eigenvalue weighted by Crippen LogP contribution is -2.39. The van der Waals surface area contributed by atoms with E-state index in [1.807, 2.05) is 51.1 Å². The van der Waals surface area contributed by atoms with Gasteiger partial charge in [0.15, 0.2) is 0 Å². The summed E-state index contributed by atoms with van der Waals surface area (Å²) in [6.07, 6.45) is 0. The molecule has 7 heteroatoms. The predicted octanol–water partition coefficient (Wildman–Crippen LogP) is 5.65. The number of nitrogens with one attached hydrogen (secondary N) is 1. The van der Waals surface area contributed by atoms with Crippen LogP contribution < -0.4 is 9.73 Å². The van der Waals surface area contributed by atoms with Crippen LogP contribution in [0.3, 0.4) is 0 Å². The first kappa shape index (κ1) is 27.1. The lowest BCUT2D eigenvalue weighted by atomic mass is 9.86. The van der Waals surface area contributed by atoms with Crippen LogP contribution in [0.4, 0.5) is 5.69 Å². The molecular formula is C29H35N3O3S.